The number of amides is 2. The summed E-state index contributed by atoms with van der Waals surface area (Å²) in [5.41, 5.74) is 1.86. The maximum absolute atomic E-state index is 12.7. The third-order valence-electron chi connectivity index (χ3n) is 4.65. The number of para-hydroxylation sites is 2. The number of nitrogens with one attached hydrogen (secondary N) is 2. The van der Waals surface area contributed by atoms with Gasteiger partial charge in [-0.3, -0.25) is 14.3 Å². The van der Waals surface area contributed by atoms with Gasteiger partial charge in [-0.2, -0.15) is 0 Å². The van der Waals surface area contributed by atoms with Crippen LogP contribution in [0.15, 0.2) is 54.6 Å². The fraction of sp³-hybridized carbons (Fsp3) is 0.300. The van der Waals surface area contributed by atoms with E-state index in [-0.39, 0.29) is 18.2 Å². The Morgan fingerprint density at radius 2 is 1.75 bits per heavy atom. The summed E-state index contributed by atoms with van der Waals surface area (Å²) in [5.74, 6) is -0.767. The standard InChI is InChI=1S/C20H23N3O4S/c1-14(17-10-6-7-11-18(17)22-28(2,26)27)21-20(25)15-12-19(24)23(13-15)16-8-4-3-5-9-16/h3-11,14-15,22H,12-13H2,1-2H3,(H,21,25). The highest BCUT2D eigenvalue weighted by Gasteiger charge is 2.35. The summed E-state index contributed by atoms with van der Waals surface area (Å²) >= 11 is 0. The van der Waals surface area contributed by atoms with E-state index in [9.17, 15) is 18.0 Å². The lowest BCUT2D eigenvalue weighted by Gasteiger charge is -2.20. The van der Waals surface area contributed by atoms with Gasteiger partial charge in [0.2, 0.25) is 21.8 Å². The molecule has 7 nitrogen and oxygen atoms in total. The van der Waals surface area contributed by atoms with Gasteiger partial charge in [0.1, 0.15) is 0 Å². The van der Waals surface area contributed by atoms with Gasteiger partial charge in [-0.1, -0.05) is 36.4 Å². The molecule has 1 saturated heterocycles. The molecule has 0 aliphatic carbocycles. The molecule has 3 rings (SSSR count). The number of carbonyl (C=O) groups excluding carboxylic acids is 2. The third-order valence-corrected chi connectivity index (χ3v) is 5.24. The van der Waals surface area contributed by atoms with Crippen LogP contribution >= 0.6 is 0 Å². The summed E-state index contributed by atoms with van der Waals surface area (Å²) in [7, 11) is -3.44. The fourth-order valence-electron chi connectivity index (χ4n) is 3.32. The van der Waals surface area contributed by atoms with Gasteiger partial charge in [0, 0.05) is 18.7 Å². The molecule has 1 heterocycles. The minimum Gasteiger partial charge on any atom is -0.349 e. The molecule has 148 valence electrons. The predicted molar refractivity (Wildman–Crippen MR) is 108 cm³/mol. The molecule has 0 radical (unpaired) electrons. The van der Waals surface area contributed by atoms with Crippen molar-refractivity contribution in [3.8, 4) is 0 Å². The molecule has 0 aromatic heterocycles. The second-order valence-electron chi connectivity index (χ2n) is 6.93. The molecule has 2 aromatic carbocycles. The van der Waals surface area contributed by atoms with E-state index in [1.165, 1.54) is 0 Å². The van der Waals surface area contributed by atoms with Gasteiger partial charge >= 0.3 is 0 Å². The number of nitrogens with zero attached hydrogens (tertiary/aromatic N) is 1. The first-order valence-corrected chi connectivity index (χ1v) is 10.9. The zero-order valence-electron chi connectivity index (χ0n) is 15.8. The molecular formula is C20H23N3O4S. The lowest BCUT2D eigenvalue weighted by Crippen LogP contribution is -2.35. The Hall–Kier alpha value is -2.87. The number of benzene rings is 2. The molecule has 0 spiro atoms. The van der Waals surface area contributed by atoms with Crippen molar-refractivity contribution in [2.24, 2.45) is 5.92 Å². The van der Waals surface area contributed by atoms with E-state index in [2.05, 4.69) is 10.0 Å². The summed E-state index contributed by atoms with van der Waals surface area (Å²) in [6.07, 6.45) is 1.23. The highest BCUT2D eigenvalue weighted by atomic mass is 32.2. The SMILES string of the molecule is CC(NC(=O)C1CC(=O)N(c2ccccc2)C1)c1ccccc1NS(C)(=O)=O. The molecular weight excluding hydrogens is 378 g/mol. The molecule has 1 aliphatic heterocycles. The zero-order chi connectivity index (χ0) is 20.3. The first kappa shape index (κ1) is 19.9. The van der Waals surface area contributed by atoms with E-state index in [4.69, 9.17) is 0 Å². The van der Waals surface area contributed by atoms with Crippen molar-refractivity contribution in [3.63, 3.8) is 0 Å². The summed E-state index contributed by atoms with van der Waals surface area (Å²) in [5, 5.41) is 2.90. The van der Waals surface area contributed by atoms with E-state index in [0.717, 1.165) is 11.9 Å². The van der Waals surface area contributed by atoms with Crippen LogP contribution in [0, 0.1) is 5.92 Å². The molecule has 0 saturated carbocycles. The Bertz CT molecular complexity index is 976. The number of sulfonamides is 1. The summed E-state index contributed by atoms with van der Waals surface area (Å²) in [6, 6.07) is 15.7. The van der Waals surface area contributed by atoms with Crippen LogP contribution < -0.4 is 14.9 Å². The van der Waals surface area contributed by atoms with Gasteiger partial charge in [0.05, 0.1) is 23.9 Å². The molecule has 2 unspecified atom stereocenters. The van der Waals surface area contributed by atoms with E-state index < -0.39 is 22.0 Å². The molecule has 2 N–H and O–H groups in total. The average molecular weight is 401 g/mol. The Morgan fingerprint density at radius 1 is 1.11 bits per heavy atom. The Balaban J connectivity index is 1.70. The maximum Gasteiger partial charge on any atom is 0.229 e. The minimum absolute atomic E-state index is 0.0850. The summed E-state index contributed by atoms with van der Waals surface area (Å²) in [4.78, 5) is 26.7. The van der Waals surface area contributed by atoms with E-state index >= 15 is 0 Å². The van der Waals surface area contributed by atoms with Crippen LogP contribution in [-0.2, 0) is 19.6 Å². The normalized spacial score (nSPS) is 18.0. The van der Waals surface area contributed by atoms with Crippen LogP contribution in [0.25, 0.3) is 0 Å². The molecule has 2 atom stereocenters. The first-order chi connectivity index (χ1) is 13.2. The molecule has 28 heavy (non-hydrogen) atoms. The molecule has 0 bridgehead atoms. The number of rotatable bonds is 6. The van der Waals surface area contributed by atoms with Crippen molar-refractivity contribution in [2.45, 2.75) is 19.4 Å². The van der Waals surface area contributed by atoms with E-state index in [1.807, 2.05) is 30.3 Å². The van der Waals surface area contributed by atoms with Crippen molar-refractivity contribution in [1.82, 2.24) is 5.32 Å². The Kier molecular flexibility index (Phi) is 5.69. The van der Waals surface area contributed by atoms with Crippen molar-refractivity contribution in [1.29, 1.82) is 0 Å². The highest BCUT2D eigenvalue weighted by Crippen LogP contribution is 2.27. The minimum atomic E-state index is -3.44. The van der Waals surface area contributed by atoms with Gasteiger partial charge in [-0.15, -0.1) is 0 Å². The third kappa shape index (κ3) is 4.69. The smallest absolute Gasteiger partial charge is 0.229 e. The van der Waals surface area contributed by atoms with Crippen LogP contribution in [-0.4, -0.2) is 33.0 Å². The molecule has 2 aromatic rings. The van der Waals surface area contributed by atoms with Gasteiger partial charge in [-0.05, 0) is 30.7 Å². The number of carbonyl (C=O) groups is 2. The second-order valence-corrected chi connectivity index (χ2v) is 8.68. The monoisotopic (exact) mass is 401 g/mol. The summed E-state index contributed by atoms with van der Waals surface area (Å²) < 4.78 is 25.6. The van der Waals surface area contributed by atoms with Crippen molar-refractivity contribution >= 4 is 33.2 Å². The Labute approximate surface area is 164 Å². The number of anilines is 2. The Morgan fingerprint density at radius 3 is 2.43 bits per heavy atom. The lowest BCUT2D eigenvalue weighted by atomic mass is 10.0. The highest BCUT2D eigenvalue weighted by molar-refractivity contribution is 7.92. The van der Waals surface area contributed by atoms with Crippen molar-refractivity contribution in [3.05, 3.63) is 60.2 Å². The number of hydrogen-bond acceptors (Lipinski definition) is 4. The van der Waals surface area contributed by atoms with Crippen LogP contribution in [0.4, 0.5) is 11.4 Å². The quantitative estimate of drug-likeness (QED) is 0.776. The summed E-state index contributed by atoms with van der Waals surface area (Å²) in [6.45, 7) is 2.11. The van der Waals surface area contributed by atoms with Crippen LogP contribution in [0.3, 0.4) is 0 Å². The van der Waals surface area contributed by atoms with E-state index in [0.29, 0.717) is 17.8 Å². The molecule has 1 aliphatic rings. The zero-order valence-corrected chi connectivity index (χ0v) is 16.6. The topological polar surface area (TPSA) is 95.6 Å². The van der Waals surface area contributed by atoms with E-state index in [1.54, 1.807) is 36.1 Å². The van der Waals surface area contributed by atoms with Crippen LogP contribution in [0.5, 0.6) is 0 Å². The first-order valence-electron chi connectivity index (χ1n) is 8.97. The largest absolute Gasteiger partial charge is 0.349 e. The molecule has 8 heteroatoms. The van der Waals surface area contributed by atoms with Crippen molar-refractivity contribution < 1.29 is 18.0 Å². The lowest BCUT2D eigenvalue weighted by molar-refractivity contribution is -0.126. The van der Waals surface area contributed by atoms with Gasteiger partial charge in [0.15, 0.2) is 0 Å². The molecule has 2 amide bonds. The predicted octanol–water partition coefficient (Wildman–Crippen LogP) is 2.29. The average Bonchev–Trinajstić information content (AvgIpc) is 3.03. The number of hydrogen-bond donors (Lipinski definition) is 2. The second kappa shape index (κ2) is 8.02. The van der Waals surface area contributed by atoms with Crippen LogP contribution in [0.1, 0.15) is 24.9 Å². The van der Waals surface area contributed by atoms with Gasteiger partial charge < -0.3 is 10.2 Å². The van der Waals surface area contributed by atoms with Crippen molar-refractivity contribution in [2.75, 3.05) is 22.4 Å². The maximum atomic E-state index is 12.7. The van der Waals surface area contributed by atoms with Crippen LogP contribution in [0.2, 0.25) is 0 Å². The van der Waals surface area contributed by atoms with Gasteiger partial charge in [-0.25, -0.2) is 8.42 Å². The fourth-order valence-corrected chi connectivity index (χ4v) is 3.90. The van der Waals surface area contributed by atoms with Gasteiger partial charge in [0.25, 0.3) is 0 Å². The molecule has 1 fully saturated rings.